The standard InChI is InChI=1S/C50H51ClN8O6/c1-7-9-24-59(48(61)44(57-50(63)65-6)31-13-11-10-12-14-31)29-41-53-43(46(51)55-41)37-18-17-33-25-32(15-16-34(33)27-37)35-19-21-38-36(26-35)20-22-39-45(38)54-40(52-39)28-58(23-8-2)47(60)42(30(3)4)56-49(62)64-5/h1,10-22,25-27,30,42,44H,8-9,23-24,28-29H2,2-6H3,(H,52,54)(H,53,55)(H,56,62)(H,57,63). The van der Waals surface area contributed by atoms with Gasteiger partial charge in [0.1, 0.15) is 34.6 Å². The molecule has 2 unspecified atom stereocenters. The van der Waals surface area contributed by atoms with Crippen molar-refractivity contribution in [3.63, 3.8) is 0 Å². The number of carbonyl (C=O) groups is 4. The summed E-state index contributed by atoms with van der Waals surface area (Å²) in [7, 11) is 2.52. The monoisotopic (exact) mass is 894 g/mol. The minimum Gasteiger partial charge on any atom is -0.453 e. The number of hydrogen-bond acceptors (Lipinski definition) is 8. The highest BCUT2D eigenvalue weighted by Gasteiger charge is 2.31. The van der Waals surface area contributed by atoms with Crippen LogP contribution in [-0.4, -0.2) is 87.1 Å². The quantitative estimate of drug-likeness (QED) is 0.0695. The van der Waals surface area contributed by atoms with Gasteiger partial charge in [-0.15, -0.1) is 12.3 Å². The maximum Gasteiger partial charge on any atom is 0.407 e. The van der Waals surface area contributed by atoms with Crippen LogP contribution in [0.3, 0.4) is 0 Å². The molecular formula is C50H51ClN8O6. The topological polar surface area (TPSA) is 175 Å². The average Bonchev–Trinajstić information content (AvgIpc) is 3.92. The van der Waals surface area contributed by atoms with Gasteiger partial charge in [0.2, 0.25) is 11.8 Å². The van der Waals surface area contributed by atoms with Gasteiger partial charge in [0.05, 0.1) is 38.3 Å². The van der Waals surface area contributed by atoms with E-state index >= 15 is 0 Å². The molecule has 65 heavy (non-hydrogen) atoms. The molecular weight excluding hydrogens is 844 g/mol. The van der Waals surface area contributed by atoms with Crippen LogP contribution in [0.5, 0.6) is 0 Å². The molecule has 4 amide bonds. The number of amides is 4. The molecule has 0 aliphatic heterocycles. The first-order valence-electron chi connectivity index (χ1n) is 21.4. The lowest BCUT2D eigenvalue weighted by atomic mass is 9.97. The number of ether oxygens (including phenoxy) is 2. The third-order valence-electron chi connectivity index (χ3n) is 11.2. The molecule has 0 aliphatic rings. The molecule has 15 heteroatoms. The maximum absolute atomic E-state index is 14.0. The van der Waals surface area contributed by atoms with Gasteiger partial charge >= 0.3 is 12.2 Å². The van der Waals surface area contributed by atoms with Crippen molar-refractivity contribution in [1.82, 2.24) is 40.4 Å². The summed E-state index contributed by atoms with van der Waals surface area (Å²) in [6.07, 6.45) is 5.24. The Hall–Kier alpha value is -7.37. The Morgan fingerprint density at radius 2 is 1.34 bits per heavy atom. The van der Waals surface area contributed by atoms with Gasteiger partial charge in [-0.25, -0.2) is 19.6 Å². The number of alkyl carbamates (subject to hydrolysis) is 2. The molecule has 7 rings (SSSR count). The number of terminal acetylenes is 1. The molecule has 334 valence electrons. The minimum atomic E-state index is -1.01. The van der Waals surface area contributed by atoms with Crippen LogP contribution in [0.4, 0.5) is 9.59 Å². The number of aromatic amines is 2. The number of hydrogen-bond donors (Lipinski definition) is 4. The van der Waals surface area contributed by atoms with Crippen molar-refractivity contribution in [2.75, 3.05) is 27.3 Å². The van der Waals surface area contributed by atoms with Crippen LogP contribution >= 0.6 is 11.6 Å². The Kier molecular flexibility index (Phi) is 14.3. The van der Waals surface area contributed by atoms with E-state index < -0.39 is 24.3 Å². The molecule has 0 radical (unpaired) electrons. The van der Waals surface area contributed by atoms with Crippen LogP contribution in [0, 0.1) is 18.3 Å². The first-order chi connectivity index (χ1) is 31.4. The van der Waals surface area contributed by atoms with E-state index in [1.165, 1.54) is 14.2 Å². The lowest BCUT2D eigenvalue weighted by Gasteiger charge is -2.28. The van der Waals surface area contributed by atoms with Gasteiger partial charge in [-0.3, -0.25) is 9.59 Å². The molecule has 14 nitrogen and oxygen atoms in total. The molecule has 2 atom stereocenters. The zero-order chi connectivity index (χ0) is 46.2. The minimum absolute atomic E-state index is 0.0665. The number of carbonyl (C=O) groups excluding carboxylic acids is 4. The van der Waals surface area contributed by atoms with E-state index in [1.54, 1.807) is 34.1 Å². The molecule has 0 saturated heterocycles. The second-order valence-electron chi connectivity index (χ2n) is 16.0. The fraction of sp³-hybridized carbons (Fsp3) is 0.280. The number of rotatable bonds is 16. The fourth-order valence-electron chi connectivity index (χ4n) is 7.90. The van der Waals surface area contributed by atoms with Gasteiger partial charge in [-0.2, -0.15) is 0 Å². The normalized spacial score (nSPS) is 12.2. The largest absolute Gasteiger partial charge is 0.453 e. The van der Waals surface area contributed by atoms with Crippen LogP contribution in [0.25, 0.3) is 55.0 Å². The number of benzene rings is 5. The highest BCUT2D eigenvalue weighted by Crippen LogP contribution is 2.34. The number of nitrogens with one attached hydrogen (secondary N) is 4. The Morgan fingerprint density at radius 3 is 2.00 bits per heavy atom. The summed E-state index contributed by atoms with van der Waals surface area (Å²) in [6.45, 7) is 6.83. The van der Waals surface area contributed by atoms with E-state index in [4.69, 9.17) is 37.5 Å². The average molecular weight is 895 g/mol. The Labute approximate surface area is 382 Å². The van der Waals surface area contributed by atoms with E-state index in [-0.39, 0.29) is 43.8 Å². The van der Waals surface area contributed by atoms with Gasteiger partial charge in [-0.1, -0.05) is 105 Å². The molecule has 0 spiro atoms. The van der Waals surface area contributed by atoms with Crippen molar-refractivity contribution in [2.24, 2.45) is 5.92 Å². The van der Waals surface area contributed by atoms with Crippen LogP contribution in [0.1, 0.15) is 56.9 Å². The molecule has 2 aromatic heterocycles. The van der Waals surface area contributed by atoms with E-state index in [1.807, 2.05) is 51.1 Å². The summed E-state index contributed by atoms with van der Waals surface area (Å²) < 4.78 is 9.59. The molecule has 0 saturated carbocycles. The molecule has 4 N–H and O–H groups in total. The molecule has 5 aromatic carbocycles. The van der Waals surface area contributed by atoms with Gasteiger partial charge in [-0.05, 0) is 69.5 Å². The third-order valence-corrected chi connectivity index (χ3v) is 11.5. The van der Waals surface area contributed by atoms with Crippen LogP contribution in [0.15, 0.2) is 97.1 Å². The second-order valence-corrected chi connectivity index (χ2v) is 16.4. The van der Waals surface area contributed by atoms with Gasteiger partial charge in [0.25, 0.3) is 0 Å². The van der Waals surface area contributed by atoms with Crippen molar-refractivity contribution in [2.45, 2.75) is 58.8 Å². The first-order valence-corrected chi connectivity index (χ1v) is 21.7. The molecule has 0 aliphatic carbocycles. The Balaban J connectivity index is 1.09. The van der Waals surface area contributed by atoms with Crippen molar-refractivity contribution < 1.29 is 28.7 Å². The lowest BCUT2D eigenvalue weighted by Crippen LogP contribution is -2.51. The lowest BCUT2D eigenvalue weighted by molar-refractivity contribution is -0.135. The molecule has 2 heterocycles. The second kappa shape index (κ2) is 20.4. The Bertz CT molecular complexity index is 2900. The van der Waals surface area contributed by atoms with Gasteiger partial charge in [0.15, 0.2) is 0 Å². The van der Waals surface area contributed by atoms with E-state index in [9.17, 15) is 19.2 Å². The maximum atomic E-state index is 14.0. The number of imidazole rings is 2. The SMILES string of the molecule is C#CCCN(Cc1nc(-c2ccc3cc(-c4ccc5c(ccc6[nH]c(CN(CCC)C(=O)C(NC(=O)OC)C(C)C)nc65)c4)ccc3c2)c(Cl)[nH]1)C(=O)C(NC(=O)OC)c1ccccc1. The zero-order valence-electron chi connectivity index (χ0n) is 36.9. The third kappa shape index (κ3) is 10.4. The summed E-state index contributed by atoms with van der Waals surface area (Å²) in [5.41, 5.74) is 5.67. The molecule has 7 aromatic rings. The highest BCUT2D eigenvalue weighted by atomic mass is 35.5. The number of fused-ring (bicyclic) bond motifs is 4. The van der Waals surface area contributed by atoms with Crippen molar-refractivity contribution in [3.8, 4) is 34.7 Å². The summed E-state index contributed by atoms with van der Waals surface area (Å²) in [4.78, 5) is 71.5. The van der Waals surface area contributed by atoms with Gasteiger partial charge < -0.3 is 39.9 Å². The fourth-order valence-corrected chi connectivity index (χ4v) is 8.16. The van der Waals surface area contributed by atoms with E-state index in [0.29, 0.717) is 34.6 Å². The highest BCUT2D eigenvalue weighted by molar-refractivity contribution is 6.32. The predicted octanol–water partition coefficient (Wildman–Crippen LogP) is 9.15. The summed E-state index contributed by atoms with van der Waals surface area (Å²) >= 11 is 6.76. The number of H-pyrrole nitrogens is 2. The number of methoxy groups -OCH3 is 2. The first kappa shape index (κ1) is 45.6. The molecule has 0 bridgehead atoms. The van der Waals surface area contributed by atoms with E-state index in [2.05, 4.69) is 69.0 Å². The summed E-state index contributed by atoms with van der Waals surface area (Å²) in [5.74, 6) is 2.99. The van der Waals surface area contributed by atoms with Crippen molar-refractivity contribution in [3.05, 3.63) is 119 Å². The smallest absolute Gasteiger partial charge is 0.407 e. The van der Waals surface area contributed by atoms with Crippen LogP contribution in [0.2, 0.25) is 5.15 Å². The van der Waals surface area contributed by atoms with Crippen LogP contribution < -0.4 is 10.6 Å². The van der Waals surface area contributed by atoms with Crippen LogP contribution in [-0.2, 0) is 32.2 Å². The summed E-state index contributed by atoms with van der Waals surface area (Å²) in [5, 5.41) is 9.67. The molecule has 0 fully saturated rings. The number of nitrogens with zero attached hydrogens (tertiary/aromatic N) is 4. The predicted molar refractivity (Wildman–Crippen MR) is 253 cm³/mol. The zero-order valence-corrected chi connectivity index (χ0v) is 37.7. The Morgan fingerprint density at radius 1 is 0.738 bits per heavy atom. The number of aromatic nitrogens is 4. The van der Waals surface area contributed by atoms with Crippen molar-refractivity contribution in [1.29, 1.82) is 0 Å². The van der Waals surface area contributed by atoms with E-state index in [0.717, 1.165) is 55.7 Å². The number of halogens is 1. The van der Waals surface area contributed by atoms with Gasteiger partial charge in [0, 0.05) is 30.5 Å². The summed E-state index contributed by atoms with van der Waals surface area (Å²) in [6, 6.07) is 29.8. The van der Waals surface area contributed by atoms with Crippen molar-refractivity contribution >= 4 is 68.2 Å².